The van der Waals surface area contributed by atoms with E-state index >= 15 is 0 Å². The Labute approximate surface area is 159 Å². The average Bonchev–Trinajstić information content (AvgIpc) is 3.13. The lowest BCUT2D eigenvalue weighted by molar-refractivity contribution is -0.138. The molecule has 27 heavy (non-hydrogen) atoms. The Hall–Kier alpha value is -2.61. The minimum Gasteiger partial charge on any atom is -0.349 e. The van der Waals surface area contributed by atoms with Gasteiger partial charge in [-0.1, -0.05) is 48.5 Å². The van der Waals surface area contributed by atoms with Crippen LogP contribution in [0.1, 0.15) is 23.6 Å². The van der Waals surface area contributed by atoms with E-state index in [9.17, 15) is 13.2 Å². The summed E-state index contributed by atoms with van der Waals surface area (Å²) in [6, 6.07) is 15.5. The van der Waals surface area contributed by atoms with Crippen molar-refractivity contribution in [1.29, 1.82) is 0 Å². The summed E-state index contributed by atoms with van der Waals surface area (Å²) < 4.78 is 43.4. The molecule has 1 N–H and O–H groups in total. The molecule has 0 radical (unpaired) electrons. The van der Waals surface area contributed by atoms with Crippen molar-refractivity contribution < 1.29 is 13.2 Å². The number of hydrogen-bond acceptors (Lipinski definition) is 5. The fourth-order valence-corrected chi connectivity index (χ4v) is 3.37. The van der Waals surface area contributed by atoms with Gasteiger partial charge < -0.3 is 10.2 Å². The molecule has 8 heteroatoms. The third kappa shape index (κ3) is 4.97. The zero-order valence-electron chi connectivity index (χ0n) is 14.7. The smallest absolute Gasteiger partial charge is 0.349 e. The fraction of sp³-hybridized carbons (Fsp3) is 0.263. The first-order valence-corrected chi connectivity index (χ1v) is 9.26. The minimum atomic E-state index is -4.38. The number of aromatic nitrogens is 2. The molecule has 0 aliphatic rings. The van der Waals surface area contributed by atoms with E-state index in [2.05, 4.69) is 19.6 Å². The van der Waals surface area contributed by atoms with Crippen molar-refractivity contribution in [3.63, 3.8) is 0 Å². The average molecular weight is 392 g/mol. The van der Waals surface area contributed by atoms with Crippen molar-refractivity contribution >= 4 is 22.6 Å². The first kappa shape index (κ1) is 19.2. The summed E-state index contributed by atoms with van der Waals surface area (Å²) in [7, 11) is 0. The quantitative estimate of drug-likeness (QED) is 0.600. The number of rotatable bonds is 7. The molecule has 0 saturated carbocycles. The van der Waals surface area contributed by atoms with Gasteiger partial charge in [-0.15, -0.1) is 0 Å². The Kier molecular flexibility index (Phi) is 5.95. The molecule has 0 unspecified atom stereocenters. The van der Waals surface area contributed by atoms with Crippen molar-refractivity contribution in [2.24, 2.45) is 0 Å². The molecular weight excluding hydrogens is 373 g/mol. The topological polar surface area (TPSA) is 41.1 Å². The number of hydrogen-bond donors (Lipinski definition) is 1. The summed E-state index contributed by atoms with van der Waals surface area (Å²) in [4.78, 5) is 6.50. The maximum Gasteiger partial charge on any atom is 0.416 e. The highest BCUT2D eigenvalue weighted by molar-refractivity contribution is 7.09. The van der Waals surface area contributed by atoms with Crippen LogP contribution in [0.25, 0.3) is 0 Å². The molecule has 1 aromatic heterocycles. The number of halogens is 3. The third-order valence-corrected chi connectivity index (χ3v) is 4.82. The molecule has 0 aliphatic carbocycles. The van der Waals surface area contributed by atoms with E-state index in [0.29, 0.717) is 12.5 Å². The van der Waals surface area contributed by atoms with E-state index < -0.39 is 11.7 Å². The fourth-order valence-electron chi connectivity index (χ4n) is 2.66. The second-order valence-corrected chi connectivity index (χ2v) is 6.64. The first-order chi connectivity index (χ1) is 13.0. The highest BCUT2D eigenvalue weighted by atomic mass is 32.1. The Morgan fingerprint density at radius 2 is 1.74 bits per heavy atom. The highest BCUT2D eigenvalue weighted by Gasteiger charge is 2.32. The second-order valence-electron chi connectivity index (χ2n) is 5.91. The van der Waals surface area contributed by atoms with Crippen LogP contribution < -0.4 is 10.2 Å². The number of nitrogens with zero attached hydrogens (tertiary/aromatic N) is 3. The van der Waals surface area contributed by atoms with Gasteiger partial charge in [0.1, 0.15) is 0 Å². The number of benzene rings is 2. The van der Waals surface area contributed by atoms with Crippen LogP contribution in [0.15, 0.2) is 54.6 Å². The maximum atomic E-state index is 13.1. The molecule has 0 spiro atoms. The van der Waals surface area contributed by atoms with E-state index in [1.54, 1.807) is 6.07 Å². The zero-order chi connectivity index (χ0) is 19.3. The Morgan fingerprint density at radius 1 is 1.04 bits per heavy atom. The van der Waals surface area contributed by atoms with Crippen molar-refractivity contribution in [3.05, 3.63) is 71.3 Å². The molecule has 0 amide bonds. The van der Waals surface area contributed by atoms with Gasteiger partial charge in [0.05, 0.1) is 5.56 Å². The van der Waals surface area contributed by atoms with Gasteiger partial charge in [0, 0.05) is 31.2 Å². The largest absolute Gasteiger partial charge is 0.416 e. The van der Waals surface area contributed by atoms with Gasteiger partial charge in [-0.3, -0.25) is 0 Å². The lowest BCUT2D eigenvalue weighted by atomic mass is 10.1. The normalized spacial score (nSPS) is 11.4. The SMILES string of the molecule is CCN(Cc1ccccc1)c1nc(NCc2ccccc2C(F)(F)F)ns1. The molecule has 0 aliphatic heterocycles. The third-order valence-electron chi connectivity index (χ3n) is 4.04. The van der Waals surface area contributed by atoms with Crippen molar-refractivity contribution in [2.45, 2.75) is 26.2 Å². The maximum absolute atomic E-state index is 13.1. The first-order valence-electron chi connectivity index (χ1n) is 8.49. The predicted octanol–water partition coefficient (Wildman–Crippen LogP) is 5.20. The molecule has 0 bridgehead atoms. The molecule has 0 atom stereocenters. The molecule has 0 saturated heterocycles. The summed E-state index contributed by atoms with van der Waals surface area (Å²) in [5.74, 6) is 0.332. The van der Waals surface area contributed by atoms with E-state index in [-0.39, 0.29) is 12.1 Å². The van der Waals surface area contributed by atoms with Gasteiger partial charge >= 0.3 is 6.18 Å². The van der Waals surface area contributed by atoms with E-state index in [1.165, 1.54) is 23.7 Å². The molecule has 3 rings (SSSR count). The molecule has 142 valence electrons. The van der Waals surface area contributed by atoms with Gasteiger partial charge in [-0.05, 0) is 24.1 Å². The standard InChI is InChI=1S/C19H19F3N4S/c1-2-26(13-14-8-4-3-5-9-14)18-24-17(25-27-18)23-12-15-10-6-7-11-16(15)19(20,21)22/h3-11H,2,12-13H2,1H3,(H,23,25). The van der Waals surface area contributed by atoms with Gasteiger partial charge in [0.25, 0.3) is 0 Å². The molecule has 0 fully saturated rings. The van der Waals surface area contributed by atoms with Gasteiger partial charge in [-0.25, -0.2) is 0 Å². The Bertz CT molecular complexity index is 865. The molecule has 3 aromatic rings. The van der Waals surface area contributed by atoms with Gasteiger partial charge in [0.15, 0.2) is 0 Å². The summed E-state index contributed by atoms with van der Waals surface area (Å²) in [6.45, 7) is 3.48. The summed E-state index contributed by atoms with van der Waals surface area (Å²) >= 11 is 1.23. The van der Waals surface area contributed by atoms with E-state index in [0.717, 1.165) is 23.3 Å². The van der Waals surface area contributed by atoms with E-state index in [4.69, 9.17) is 0 Å². The van der Waals surface area contributed by atoms with Crippen LogP contribution in [0.2, 0.25) is 0 Å². The van der Waals surface area contributed by atoms with Crippen LogP contribution in [-0.2, 0) is 19.3 Å². The molecule has 2 aromatic carbocycles. The zero-order valence-corrected chi connectivity index (χ0v) is 15.5. The van der Waals surface area contributed by atoms with Crippen LogP contribution in [0.5, 0.6) is 0 Å². The van der Waals surface area contributed by atoms with E-state index in [1.807, 2.05) is 37.3 Å². The molecule has 4 nitrogen and oxygen atoms in total. The predicted molar refractivity (Wildman–Crippen MR) is 102 cm³/mol. The van der Waals surface area contributed by atoms with Crippen LogP contribution in [0.3, 0.4) is 0 Å². The summed E-state index contributed by atoms with van der Waals surface area (Å²) in [5.41, 5.74) is 0.674. The van der Waals surface area contributed by atoms with Crippen LogP contribution >= 0.6 is 11.5 Å². The Balaban J connectivity index is 1.68. The minimum absolute atomic E-state index is 0.0106. The van der Waals surface area contributed by atoms with Gasteiger partial charge in [0.2, 0.25) is 11.1 Å². The number of anilines is 2. The van der Waals surface area contributed by atoms with Crippen molar-refractivity contribution in [3.8, 4) is 0 Å². The van der Waals surface area contributed by atoms with Crippen molar-refractivity contribution in [1.82, 2.24) is 9.36 Å². The molecule has 1 heterocycles. The van der Waals surface area contributed by atoms with Crippen LogP contribution in [-0.4, -0.2) is 15.9 Å². The lowest BCUT2D eigenvalue weighted by Gasteiger charge is -2.19. The van der Waals surface area contributed by atoms with Gasteiger partial charge in [-0.2, -0.15) is 22.5 Å². The van der Waals surface area contributed by atoms with Crippen molar-refractivity contribution in [2.75, 3.05) is 16.8 Å². The lowest BCUT2D eigenvalue weighted by Crippen LogP contribution is -2.21. The number of nitrogens with one attached hydrogen (secondary N) is 1. The van der Waals surface area contributed by atoms with Crippen LogP contribution in [0, 0.1) is 0 Å². The number of alkyl halides is 3. The summed E-state index contributed by atoms with van der Waals surface area (Å²) in [6.07, 6.45) is -4.38. The highest BCUT2D eigenvalue weighted by Crippen LogP contribution is 2.32. The van der Waals surface area contributed by atoms with Crippen LogP contribution in [0.4, 0.5) is 24.3 Å². The Morgan fingerprint density at radius 3 is 2.44 bits per heavy atom. The second kappa shape index (κ2) is 8.39. The monoisotopic (exact) mass is 392 g/mol. The molecular formula is C19H19F3N4S. The summed E-state index contributed by atoms with van der Waals surface area (Å²) in [5, 5.41) is 3.63.